The van der Waals surface area contributed by atoms with E-state index in [1.54, 1.807) is 13.2 Å². The van der Waals surface area contributed by atoms with Gasteiger partial charge in [-0.15, -0.1) is 0 Å². The predicted molar refractivity (Wildman–Crippen MR) is 118 cm³/mol. The maximum absolute atomic E-state index is 11.8. The van der Waals surface area contributed by atoms with Crippen LogP contribution in [0.3, 0.4) is 0 Å². The number of carbonyl (C=O) groups excluding carboxylic acids is 1. The van der Waals surface area contributed by atoms with E-state index in [9.17, 15) is 4.79 Å². The van der Waals surface area contributed by atoms with Crippen LogP contribution in [0.5, 0.6) is 5.75 Å². The molecule has 4 nitrogen and oxygen atoms in total. The van der Waals surface area contributed by atoms with Crippen molar-refractivity contribution >= 4 is 17.6 Å². The van der Waals surface area contributed by atoms with Gasteiger partial charge in [0, 0.05) is 6.54 Å². The zero-order chi connectivity index (χ0) is 20.8. The molecule has 0 saturated carbocycles. The lowest BCUT2D eigenvalue weighted by molar-refractivity contribution is 0.0600. The molecule has 0 aromatic heterocycles. The molecular weight excluding hydrogens is 362 g/mol. The van der Waals surface area contributed by atoms with Crippen LogP contribution in [0.2, 0.25) is 0 Å². The number of allylic oxidation sites excluding steroid dienone is 2. The van der Waals surface area contributed by atoms with E-state index in [-0.39, 0.29) is 5.97 Å². The number of carbonyl (C=O) groups is 1. The second kappa shape index (κ2) is 9.57. The summed E-state index contributed by atoms with van der Waals surface area (Å²) in [6.45, 7) is 1.01. The Hall–Kier alpha value is -2.85. The first-order valence-electron chi connectivity index (χ1n) is 9.90. The van der Waals surface area contributed by atoms with Crippen molar-refractivity contribution in [2.45, 2.75) is 12.8 Å². The minimum absolute atomic E-state index is 0.312. The van der Waals surface area contributed by atoms with Crippen LogP contribution in [0, 0.1) is 5.92 Å². The highest BCUT2D eigenvalue weighted by Crippen LogP contribution is 2.37. The lowest BCUT2D eigenvalue weighted by Gasteiger charge is -2.28. The fourth-order valence-corrected chi connectivity index (χ4v) is 3.84. The van der Waals surface area contributed by atoms with Crippen molar-refractivity contribution in [3.05, 3.63) is 76.9 Å². The number of benzene rings is 2. The number of nitrogens with zero attached hydrogens (tertiary/aromatic N) is 1. The molecule has 29 heavy (non-hydrogen) atoms. The van der Waals surface area contributed by atoms with E-state index in [2.05, 4.69) is 43.3 Å². The Kier molecular flexibility index (Phi) is 6.89. The van der Waals surface area contributed by atoms with E-state index in [1.807, 2.05) is 30.3 Å². The van der Waals surface area contributed by atoms with Gasteiger partial charge in [-0.1, -0.05) is 36.4 Å². The molecular formula is C25H29NO3. The van der Waals surface area contributed by atoms with Gasteiger partial charge in [0.05, 0.1) is 19.8 Å². The summed E-state index contributed by atoms with van der Waals surface area (Å²) >= 11 is 0. The molecule has 0 spiro atoms. The Morgan fingerprint density at radius 2 is 1.93 bits per heavy atom. The average Bonchev–Trinajstić information content (AvgIpc) is 2.74. The zero-order valence-electron chi connectivity index (χ0n) is 17.6. The summed E-state index contributed by atoms with van der Waals surface area (Å²) in [7, 11) is 7.34. The van der Waals surface area contributed by atoms with Crippen LogP contribution in [0.1, 0.15) is 34.3 Å². The van der Waals surface area contributed by atoms with Gasteiger partial charge in [-0.25, -0.2) is 4.79 Å². The topological polar surface area (TPSA) is 38.8 Å². The fraction of sp³-hybridized carbons (Fsp3) is 0.320. The van der Waals surface area contributed by atoms with Crippen molar-refractivity contribution < 1.29 is 14.3 Å². The second-order valence-electron chi connectivity index (χ2n) is 7.67. The molecule has 0 bridgehead atoms. The molecule has 0 radical (unpaired) electrons. The SMILES string of the molecule is COC(=O)c1cccc(/C=C2/C=C(c3cccc(OC)c3)C(CN(C)C)CC2)c1. The lowest BCUT2D eigenvalue weighted by atomic mass is 9.81. The molecule has 4 heteroatoms. The molecule has 2 aromatic rings. The fourth-order valence-electron chi connectivity index (χ4n) is 3.84. The van der Waals surface area contributed by atoms with Crippen LogP contribution in [0.25, 0.3) is 11.6 Å². The van der Waals surface area contributed by atoms with Crippen molar-refractivity contribution in [3.63, 3.8) is 0 Å². The van der Waals surface area contributed by atoms with Crippen LogP contribution in [0.15, 0.2) is 60.2 Å². The van der Waals surface area contributed by atoms with Gasteiger partial charge < -0.3 is 14.4 Å². The maximum atomic E-state index is 11.8. The van der Waals surface area contributed by atoms with Gasteiger partial charge in [0.2, 0.25) is 0 Å². The molecule has 0 aliphatic heterocycles. The van der Waals surface area contributed by atoms with Gasteiger partial charge >= 0.3 is 5.97 Å². The third kappa shape index (κ3) is 5.36. The largest absolute Gasteiger partial charge is 0.497 e. The smallest absolute Gasteiger partial charge is 0.337 e. The van der Waals surface area contributed by atoms with Gasteiger partial charge in [-0.2, -0.15) is 0 Å². The standard InChI is InChI=1S/C25H29NO3/c1-26(2)17-22-12-11-19(13-18-7-5-9-21(14-18)25(27)29-4)15-24(22)20-8-6-10-23(16-20)28-3/h5-10,13-16,22H,11-12,17H2,1-4H3/b19-13+. The number of esters is 1. The molecule has 0 saturated heterocycles. The highest BCUT2D eigenvalue weighted by Gasteiger charge is 2.22. The molecule has 1 atom stereocenters. The first-order valence-corrected chi connectivity index (χ1v) is 9.90. The summed E-state index contributed by atoms with van der Waals surface area (Å²) in [5.74, 6) is 1.03. The first-order chi connectivity index (χ1) is 14.0. The van der Waals surface area contributed by atoms with Crippen LogP contribution in [-0.2, 0) is 4.74 Å². The van der Waals surface area contributed by atoms with Gasteiger partial charge in [0.1, 0.15) is 5.75 Å². The van der Waals surface area contributed by atoms with Crippen molar-refractivity contribution in [2.24, 2.45) is 5.92 Å². The minimum Gasteiger partial charge on any atom is -0.497 e. The molecule has 0 N–H and O–H groups in total. The summed E-state index contributed by atoms with van der Waals surface area (Å²) < 4.78 is 10.3. The Morgan fingerprint density at radius 3 is 2.66 bits per heavy atom. The van der Waals surface area contributed by atoms with Crippen molar-refractivity contribution in [3.8, 4) is 5.75 Å². The second-order valence-corrected chi connectivity index (χ2v) is 7.67. The normalized spacial score (nSPS) is 17.9. The van der Waals surface area contributed by atoms with E-state index in [1.165, 1.54) is 23.8 Å². The van der Waals surface area contributed by atoms with Gasteiger partial charge in [-0.3, -0.25) is 0 Å². The molecule has 0 amide bonds. The Morgan fingerprint density at radius 1 is 1.14 bits per heavy atom. The van der Waals surface area contributed by atoms with Crippen LogP contribution in [0.4, 0.5) is 0 Å². The zero-order valence-corrected chi connectivity index (χ0v) is 17.6. The van der Waals surface area contributed by atoms with E-state index in [0.717, 1.165) is 30.7 Å². The van der Waals surface area contributed by atoms with E-state index >= 15 is 0 Å². The van der Waals surface area contributed by atoms with Gasteiger partial charge in [-0.05, 0) is 79.4 Å². The Labute approximate surface area is 173 Å². The van der Waals surface area contributed by atoms with Crippen molar-refractivity contribution in [1.82, 2.24) is 4.90 Å². The summed E-state index contributed by atoms with van der Waals surface area (Å²) in [6.07, 6.45) is 6.56. The molecule has 1 unspecified atom stereocenters. The molecule has 1 aliphatic carbocycles. The van der Waals surface area contributed by atoms with Crippen LogP contribution in [-0.4, -0.2) is 45.7 Å². The third-order valence-corrected chi connectivity index (χ3v) is 5.21. The molecule has 152 valence electrons. The number of rotatable bonds is 6. The van der Waals surface area contributed by atoms with Gasteiger partial charge in [0.15, 0.2) is 0 Å². The maximum Gasteiger partial charge on any atom is 0.337 e. The molecule has 0 heterocycles. The first kappa shape index (κ1) is 20.9. The Balaban J connectivity index is 1.98. The molecule has 0 fully saturated rings. The average molecular weight is 392 g/mol. The number of methoxy groups -OCH3 is 2. The number of hydrogen-bond donors (Lipinski definition) is 0. The van der Waals surface area contributed by atoms with E-state index < -0.39 is 0 Å². The monoisotopic (exact) mass is 391 g/mol. The van der Waals surface area contributed by atoms with E-state index in [0.29, 0.717) is 11.5 Å². The molecule has 2 aromatic carbocycles. The summed E-state index contributed by atoms with van der Waals surface area (Å²) in [6, 6.07) is 15.8. The quantitative estimate of drug-likeness (QED) is 0.655. The molecule has 3 rings (SSSR count). The van der Waals surface area contributed by atoms with Crippen LogP contribution < -0.4 is 4.74 Å². The van der Waals surface area contributed by atoms with Crippen molar-refractivity contribution in [1.29, 1.82) is 0 Å². The number of hydrogen-bond acceptors (Lipinski definition) is 4. The lowest BCUT2D eigenvalue weighted by Crippen LogP contribution is -2.24. The molecule has 1 aliphatic rings. The highest BCUT2D eigenvalue weighted by atomic mass is 16.5. The minimum atomic E-state index is -0.312. The van der Waals surface area contributed by atoms with Crippen LogP contribution >= 0.6 is 0 Å². The summed E-state index contributed by atoms with van der Waals surface area (Å²) in [4.78, 5) is 14.1. The third-order valence-electron chi connectivity index (χ3n) is 5.21. The Bertz CT molecular complexity index is 927. The van der Waals surface area contributed by atoms with Crippen molar-refractivity contribution in [2.75, 3.05) is 34.9 Å². The summed E-state index contributed by atoms with van der Waals surface area (Å²) in [5, 5.41) is 0. The summed E-state index contributed by atoms with van der Waals surface area (Å²) in [5.41, 5.74) is 5.37. The predicted octanol–water partition coefficient (Wildman–Crippen LogP) is 4.92. The highest BCUT2D eigenvalue weighted by molar-refractivity contribution is 5.90. The van der Waals surface area contributed by atoms with Gasteiger partial charge in [0.25, 0.3) is 0 Å². The number of ether oxygens (including phenoxy) is 2. The van der Waals surface area contributed by atoms with E-state index in [4.69, 9.17) is 9.47 Å².